The van der Waals surface area contributed by atoms with E-state index in [-0.39, 0.29) is 5.69 Å². The molecule has 3 heterocycles. The molecule has 1 saturated heterocycles. The lowest BCUT2D eigenvalue weighted by Gasteiger charge is -2.17. The maximum atomic E-state index is 10.8. The highest BCUT2D eigenvalue weighted by Gasteiger charge is 2.23. The summed E-state index contributed by atoms with van der Waals surface area (Å²) in [5.41, 5.74) is -0.0312. The number of carboxylic acids is 1. The average molecular weight is 299 g/mol. The lowest BCUT2D eigenvalue weighted by molar-refractivity contribution is 0.0689. The van der Waals surface area contributed by atoms with Gasteiger partial charge in [-0.15, -0.1) is 10.2 Å². The number of carbonyl (C=O) groups is 1. The van der Waals surface area contributed by atoms with E-state index < -0.39 is 5.97 Å². The number of carboxylic acid groups (broad SMARTS) is 1. The molecule has 0 saturated carbocycles. The Morgan fingerprint density at radius 1 is 1.32 bits per heavy atom. The highest BCUT2D eigenvalue weighted by Crippen LogP contribution is 2.22. The molecule has 2 aromatic heterocycles. The van der Waals surface area contributed by atoms with Gasteiger partial charge in [0.15, 0.2) is 11.5 Å². The third kappa shape index (κ3) is 3.30. The first kappa shape index (κ1) is 14.2. The number of aromatic nitrogens is 3. The normalized spacial score (nSPS) is 17.5. The molecule has 1 aliphatic rings. The van der Waals surface area contributed by atoms with E-state index in [1.165, 1.54) is 6.07 Å². The Morgan fingerprint density at radius 2 is 2.23 bits per heavy atom. The van der Waals surface area contributed by atoms with Crippen molar-refractivity contribution in [2.45, 2.75) is 6.42 Å². The van der Waals surface area contributed by atoms with E-state index in [0.717, 1.165) is 37.7 Å². The third-order valence-electron chi connectivity index (χ3n) is 3.72. The van der Waals surface area contributed by atoms with Gasteiger partial charge in [0.1, 0.15) is 5.82 Å². The van der Waals surface area contributed by atoms with E-state index in [4.69, 9.17) is 5.11 Å². The van der Waals surface area contributed by atoms with Gasteiger partial charge in [0.2, 0.25) is 0 Å². The van der Waals surface area contributed by atoms with Crippen molar-refractivity contribution in [1.82, 2.24) is 15.2 Å². The van der Waals surface area contributed by atoms with Gasteiger partial charge in [0, 0.05) is 25.8 Å². The van der Waals surface area contributed by atoms with Crippen LogP contribution in [-0.2, 0) is 0 Å². The molecule has 2 aromatic rings. The number of rotatable bonds is 5. The van der Waals surface area contributed by atoms with E-state index in [1.54, 1.807) is 12.3 Å². The Hall–Kier alpha value is -2.70. The quantitative estimate of drug-likeness (QED) is 0.864. The summed E-state index contributed by atoms with van der Waals surface area (Å²) in [6.07, 6.45) is 2.82. The van der Waals surface area contributed by atoms with Gasteiger partial charge in [-0.3, -0.25) is 0 Å². The Kier molecular flexibility index (Phi) is 4.13. The van der Waals surface area contributed by atoms with E-state index in [0.29, 0.717) is 5.92 Å². The van der Waals surface area contributed by atoms with Crippen molar-refractivity contribution in [1.29, 1.82) is 0 Å². The van der Waals surface area contributed by atoms with Crippen molar-refractivity contribution in [3.8, 4) is 0 Å². The lowest BCUT2D eigenvalue weighted by atomic mass is 10.1. The summed E-state index contributed by atoms with van der Waals surface area (Å²) in [4.78, 5) is 17.1. The van der Waals surface area contributed by atoms with Crippen LogP contribution in [0.15, 0.2) is 36.5 Å². The molecule has 2 N–H and O–H groups in total. The zero-order chi connectivity index (χ0) is 15.4. The number of nitrogens with zero attached hydrogens (tertiary/aromatic N) is 4. The molecule has 0 spiro atoms. The molecule has 7 heteroatoms. The standard InChI is InChI=1S/C15H17N5O2/c21-15(22)12-4-5-14(19-18-12)20-8-6-11(10-20)9-17-13-3-1-2-7-16-13/h1-5,7,11H,6,8-10H2,(H,16,17)(H,21,22). The fourth-order valence-corrected chi connectivity index (χ4v) is 2.53. The summed E-state index contributed by atoms with van der Waals surface area (Å²) in [7, 11) is 0. The third-order valence-corrected chi connectivity index (χ3v) is 3.72. The van der Waals surface area contributed by atoms with Gasteiger partial charge < -0.3 is 15.3 Å². The highest BCUT2D eigenvalue weighted by molar-refractivity contribution is 5.85. The number of hydrogen-bond acceptors (Lipinski definition) is 6. The van der Waals surface area contributed by atoms with Crippen LogP contribution in [-0.4, -0.2) is 45.9 Å². The van der Waals surface area contributed by atoms with E-state index in [1.807, 2.05) is 18.2 Å². The first-order valence-electron chi connectivity index (χ1n) is 7.19. The van der Waals surface area contributed by atoms with Crippen LogP contribution >= 0.6 is 0 Å². The molecule has 1 aliphatic heterocycles. The molecule has 7 nitrogen and oxygen atoms in total. The summed E-state index contributed by atoms with van der Waals surface area (Å²) in [5, 5.41) is 19.9. The molecule has 0 aliphatic carbocycles. The fourth-order valence-electron chi connectivity index (χ4n) is 2.53. The molecule has 114 valence electrons. The number of aromatic carboxylic acids is 1. The van der Waals surface area contributed by atoms with Crippen LogP contribution in [0.1, 0.15) is 16.9 Å². The first-order valence-corrected chi connectivity index (χ1v) is 7.19. The van der Waals surface area contributed by atoms with Crippen molar-refractivity contribution in [3.05, 3.63) is 42.2 Å². The second-order valence-electron chi connectivity index (χ2n) is 5.28. The topological polar surface area (TPSA) is 91.2 Å². The Balaban J connectivity index is 1.54. The maximum absolute atomic E-state index is 10.8. The first-order chi connectivity index (χ1) is 10.7. The monoisotopic (exact) mass is 299 g/mol. The molecular formula is C15H17N5O2. The minimum atomic E-state index is -1.06. The van der Waals surface area contributed by atoms with Gasteiger partial charge in [-0.25, -0.2) is 9.78 Å². The molecule has 22 heavy (non-hydrogen) atoms. The van der Waals surface area contributed by atoms with Crippen molar-refractivity contribution in [3.63, 3.8) is 0 Å². The molecule has 0 amide bonds. The van der Waals surface area contributed by atoms with Crippen LogP contribution in [0.2, 0.25) is 0 Å². The van der Waals surface area contributed by atoms with Crippen LogP contribution in [0, 0.1) is 5.92 Å². The number of hydrogen-bond donors (Lipinski definition) is 2. The molecule has 0 bridgehead atoms. The van der Waals surface area contributed by atoms with Crippen LogP contribution in [0.5, 0.6) is 0 Å². The average Bonchev–Trinajstić information content (AvgIpc) is 3.03. The van der Waals surface area contributed by atoms with Gasteiger partial charge in [0.05, 0.1) is 0 Å². The van der Waals surface area contributed by atoms with Crippen molar-refractivity contribution < 1.29 is 9.90 Å². The van der Waals surface area contributed by atoms with Gasteiger partial charge in [0.25, 0.3) is 0 Å². The van der Waals surface area contributed by atoms with Crippen LogP contribution in [0.3, 0.4) is 0 Å². The lowest BCUT2D eigenvalue weighted by Crippen LogP contribution is -2.24. The smallest absolute Gasteiger partial charge is 0.356 e. The molecule has 3 rings (SSSR count). The van der Waals surface area contributed by atoms with Crippen molar-refractivity contribution in [2.24, 2.45) is 5.92 Å². The molecule has 0 radical (unpaired) electrons. The number of anilines is 2. The van der Waals surface area contributed by atoms with Crippen molar-refractivity contribution in [2.75, 3.05) is 29.9 Å². The van der Waals surface area contributed by atoms with Gasteiger partial charge in [-0.1, -0.05) is 6.07 Å². The molecule has 1 fully saturated rings. The number of pyridine rings is 1. The Morgan fingerprint density at radius 3 is 2.91 bits per heavy atom. The van der Waals surface area contributed by atoms with E-state index in [2.05, 4.69) is 25.4 Å². The van der Waals surface area contributed by atoms with Gasteiger partial charge in [-0.2, -0.15) is 0 Å². The minimum Gasteiger partial charge on any atom is -0.476 e. The molecule has 1 atom stereocenters. The van der Waals surface area contributed by atoms with E-state index in [9.17, 15) is 4.79 Å². The fraction of sp³-hybridized carbons (Fsp3) is 0.333. The molecular weight excluding hydrogens is 282 g/mol. The zero-order valence-electron chi connectivity index (χ0n) is 12.0. The summed E-state index contributed by atoms with van der Waals surface area (Å²) in [6.45, 7) is 2.63. The predicted molar refractivity (Wildman–Crippen MR) is 82.0 cm³/mol. The molecule has 1 unspecified atom stereocenters. The number of nitrogens with one attached hydrogen (secondary N) is 1. The van der Waals surface area contributed by atoms with E-state index >= 15 is 0 Å². The Labute approximate surface area is 128 Å². The summed E-state index contributed by atoms with van der Waals surface area (Å²) >= 11 is 0. The van der Waals surface area contributed by atoms with Crippen LogP contribution in [0.25, 0.3) is 0 Å². The second-order valence-corrected chi connectivity index (χ2v) is 5.28. The van der Waals surface area contributed by atoms with Crippen LogP contribution in [0.4, 0.5) is 11.6 Å². The zero-order valence-corrected chi connectivity index (χ0v) is 12.0. The summed E-state index contributed by atoms with van der Waals surface area (Å²) in [6, 6.07) is 9.00. The highest BCUT2D eigenvalue weighted by atomic mass is 16.4. The second kappa shape index (κ2) is 6.38. The summed E-state index contributed by atoms with van der Waals surface area (Å²) in [5.74, 6) is 1.05. The molecule has 0 aromatic carbocycles. The largest absolute Gasteiger partial charge is 0.476 e. The maximum Gasteiger partial charge on any atom is 0.356 e. The SMILES string of the molecule is O=C(O)c1ccc(N2CCC(CNc3ccccn3)C2)nn1. The van der Waals surface area contributed by atoms with Crippen molar-refractivity contribution >= 4 is 17.6 Å². The Bertz CT molecular complexity index is 632. The predicted octanol–water partition coefficient (Wildman–Crippen LogP) is 1.51. The summed E-state index contributed by atoms with van der Waals surface area (Å²) < 4.78 is 0. The minimum absolute atomic E-state index is 0.0312. The van der Waals surface area contributed by atoms with Crippen LogP contribution < -0.4 is 10.2 Å². The van der Waals surface area contributed by atoms with Gasteiger partial charge >= 0.3 is 5.97 Å². The van der Waals surface area contributed by atoms with Gasteiger partial charge in [-0.05, 0) is 36.6 Å².